The first-order chi connectivity index (χ1) is 12.5. The molecule has 0 aliphatic carbocycles. The number of anilines is 2. The van der Waals surface area contributed by atoms with E-state index in [0.29, 0.717) is 28.5 Å². The zero-order valence-electron chi connectivity index (χ0n) is 14.4. The van der Waals surface area contributed by atoms with Gasteiger partial charge in [0.1, 0.15) is 11.4 Å². The molecule has 0 unspecified atom stereocenters. The molecule has 6 nitrogen and oxygen atoms in total. The van der Waals surface area contributed by atoms with Gasteiger partial charge < -0.3 is 5.32 Å². The largest absolute Gasteiger partial charge is 0.350 e. The number of nitrogens with one attached hydrogen (secondary N) is 1. The zero-order valence-corrected chi connectivity index (χ0v) is 15.1. The Balaban J connectivity index is 2.27. The van der Waals surface area contributed by atoms with Crippen LogP contribution in [0, 0.1) is 0 Å². The quantitative estimate of drug-likeness (QED) is 0.690. The van der Waals surface area contributed by atoms with Crippen LogP contribution in [0.3, 0.4) is 0 Å². The first-order valence-electron chi connectivity index (χ1n) is 8.10. The number of aromatic nitrogens is 3. The second-order valence-electron chi connectivity index (χ2n) is 5.65. The predicted octanol–water partition coefficient (Wildman–Crippen LogP) is 3.92. The van der Waals surface area contributed by atoms with Gasteiger partial charge >= 0.3 is 0 Å². The number of hydrogen-bond donors (Lipinski definition) is 1. The first kappa shape index (κ1) is 17.8. The van der Waals surface area contributed by atoms with Gasteiger partial charge in [-0.2, -0.15) is 5.10 Å². The van der Waals surface area contributed by atoms with Crippen molar-refractivity contribution < 1.29 is 4.79 Å². The Labute approximate surface area is 155 Å². The summed E-state index contributed by atoms with van der Waals surface area (Å²) in [6.45, 7) is 3.60. The van der Waals surface area contributed by atoms with Crippen molar-refractivity contribution in [3.63, 3.8) is 0 Å². The third kappa shape index (κ3) is 3.50. The van der Waals surface area contributed by atoms with Crippen molar-refractivity contribution in [1.82, 2.24) is 14.8 Å². The molecule has 0 fully saturated rings. The molecule has 0 radical (unpaired) electrons. The number of Topliss-reactive ketones (excluding diaryl/α,β-unsaturated/α-hetero) is 1. The normalized spacial score (nSPS) is 10.6. The molecule has 0 amide bonds. The average Bonchev–Trinajstić information content (AvgIpc) is 2.63. The minimum atomic E-state index is -0.370. The van der Waals surface area contributed by atoms with E-state index in [1.807, 2.05) is 6.92 Å². The van der Waals surface area contributed by atoms with Gasteiger partial charge in [-0.05, 0) is 44.2 Å². The van der Waals surface area contributed by atoms with Crippen LogP contribution >= 0.6 is 11.6 Å². The molecule has 1 N–H and O–H groups in total. The molecule has 132 valence electrons. The van der Waals surface area contributed by atoms with E-state index in [1.165, 1.54) is 11.6 Å². The van der Waals surface area contributed by atoms with Gasteiger partial charge in [-0.3, -0.25) is 14.6 Å². The molecular formula is C19H17ClN4O2. The number of rotatable bonds is 5. The monoisotopic (exact) mass is 368 g/mol. The molecule has 0 saturated heterocycles. The number of ketones is 1. The van der Waals surface area contributed by atoms with E-state index in [9.17, 15) is 9.59 Å². The first-order valence-corrected chi connectivity index (χ1v) is 8.48. The van der Waals surface area contributed by atoms with E-state index < -0.39 is 0 Å². The Morgan fingerprint density at radius 1 is 1.27 bits per heavy atom. The van der Waals surface area contributed by atoms with Crippen LogP contribution in [0.4, 0.5) is 11.4 Å². The zero-order chi connectivity index (χ0) is 18.7. The Kier molecular flexibility index (Phi) is 5.14. The summed E-state index contributed by atoms with van der Waals surface area (Å²) in [4.78, 5) is 29.3. The van der Waals surface area contributed by atoms with Gasteiger partial charge in [-0.15, -0.1) is 0 Å². The number of carbonyl (C=O) groups is 1. The molecule has 0 aliphatic rings. The Morgan fingerprint density at radius 3 is 2.69 bits per heavy atom. The van der Waals surface area contributed by atoms with Gasteiger partial charge in [-0.1, -0.05) is 17.7 Å². The highest BCUT2D eigenvalue weighted by atomic mass is 35.5. The van der Waals surface area contributed by atoms with Gasteiger partial charge in [0.25, 0.3) is 5.56 Å². The Hall–Kier alpha value is -2.99. The number of pyridine rings is 1. The van der Waals surface area contributed by atoms with Crippen LogP contribution in [0.5, 0.6) is 0 Å². The highest BCUT2D eigenvalue weighted by molar-refractivity contribution is 6.30. The van der Waals surface area contributed by atoms with Crippen LogP contribution in [0.1, 0.15) is 24.2 Å². The van der Waals surface area contributed by atoms with Crippen molar-refractivity contribution >= 4 is 28.8 Å². The van der Waals surface area contributed by atoms with Crippen LogP contribution in [-0.4, -0.2) is 20.5 Å². The maximum atomic E-state index is 12.8. The molecular weight excluding hydrogens is 352 g/mol. The molecule has 0 saturated carbocycles. The highest BCUT2D eigenvalue weighted by Crippen LogP contribution is 2.27. The SMILES string of the molecule is CCn1nc(-c2cccnc2)c(C(C)=O)c(Nc2cccc(Cl)c2)c1=O. The summed E-state index contributed by atoms with van der Waals surface area (Å²) < 4.78 is 1.32. The summed E-state index contributed by atoms with van der Waals surface area (Å²) in [6, 6.07) is 10.5. The second kappa shape index (κ2) is 7.49. The molecule has 2 aromatic heterocycles. The van der Waals surface area contributed by atoms with Crippen molar-refractivity contribution in [3.05, 3.63) is 69.7 Å². The molecule has 3 rings (SSSR count). The van der Waals surface area contributed by atoms with Crippen LogP contribution in [-0.2, 0) is 6.54 Å². The van der Waals surface area contributed by atoms with Crippen molar-refractivity contribution in [1.29, 1.82) is 0 Å². The van der Waals surface area contributed by atoms with E-state index >= 15 is 0 Å². The van der Waals surface area contributed by atoms with E-state index in [2.05, 4.69) is 15.4 Å². The molecule has 1 aromatic carbocycles. The van der Waals surface area contributed by atoms with Gasteiger partial charge in [0.2, 0.25) is 0 Å². The topological polar surface area (TPSA) is 76.9 Å². The van der Waals surface area contributed by atoms with E-state index in [4.69, 9.17) is 11.6 Å². The molecule has 7 heteroatoms. The molecule has 3 aromatic rings. The van der Waals surface area contributed by atoms with Crippen molar-refractivity contribution in [2.45, 2.75) is 20.4 Å². The lowest BCUT2D eigenvalue weighted by Gasteiger charge is -2.16. The van der Waals surface area contributed by atoms with Crippen LogP contribution < -0.4 is 10.9 Å². The van der Waals surface area contributed by atoms with Crippen molar-refractivity contribution in [3.8, 4) is 11.3 Å². The van der Waals surface area contributed by atoms with Gasteiger partial charge in [0.05, 0.1) is 5.56 Å². The van der Waals surface area contributed by atoms with E-state index in [1.54, 1.807) is 48.8 Å². The van der Waals surface area contributed by atoms with Gasteiger partial charge in [0.15, 0.2) is 5.78 Å². The fraction of sp³-hybridized carbons (Fsp3) is 0.158. The number of nitrogens with zero attached hydrogens (tertiary/aromatic N) is 3. The van der Waals surface area contributed by atoms with Gasteiger partial charge in [-0.25, -0.2) is 4.68 Å². The van der Waals surface area contributed by atoms with Crippen LogP contribution in [0.25, 0.3) is 11.3 Å². The number of aryl methyl sites for hydroxylation is 1. The smallest absolute Gasteiger partial charge is 0.291 e. The number of hydrogen-bond acceptors (Lipinski definition) is 5. The van der Waals surface area contributed by atoms with Crippen LogP contribution in [0.2, 0.25) is 5.02 Å². The third-order valence-corrected chi connectivity index (χ3v) is 4.07. The summed E-state index contributed by atoms with van der Waals surface area (Å²) in [5.74, 6) is -0.263. The predicted molar refractivity (Wildman–Crippen MR) is 102 cm³/mol. The number of carbonyl (C=O) groups excluding carboxylic acids is 1. The minimum Gasteiger partial charge on any atom is -0.350 e. The summed E-state index contributed by atoms with van der Waals surface area (Å²) >= 11 is 6.03. The number of benzene rings is 1. The fourth-order valence-corrected chi connectivity index (χ4v) is 2.85. The Morgan fingerprint density at radius 2 is 2.08 bits per heavy atom. The summed E-state index contributed by atoms with van der Waals surface area (Å²) in [7, 11) is 0. The molecule has 0 atom stereocenters. The van der Waals surface area contributed by atoms with Crippen molar-refractivity contribution in [2.75, 3.05) is 5.32 Å². The fourth-order valence-electron chi connectivity index (χ4n) is 2.66. The minimum absolute atomic E-state index is 0.176. The lowest BCUT2D eigenvalue weighted by Crippen LogP contribution is -2.28. The molecule has 0 bridgehead atoms. The summed E-state index contributed by atoms with van der Waals surface area (Å²) in [5.41, 5.74) is 1.72. The highest BCUT2D eigenvalue weighted by Gasteiger charge is 2.22. The summed E-state index contributed by atoms with van der Waals surface area (Å²) in [5, 5.41) is 7.95. The van der Waals surface area contributed by atoms with Crippen LogP contribution in [0.15, 0.2) is 53.6 Å². The Bertz CT molecular complexity index is 1020. The van der Waals surface area contributed by atoms with E-state index in [0.717, 1.165) is 0 Å². The lowest BCUT2D eigenvalue weighted by atomic mass is 10.0. The van der Waals surface area contributed by atoms with Gasteiger partial charge in [0, 0.05) is 35.2 Å². The maximum absolute atomic E-state index is 12.8. The maximum Gasteiger partial charge on any atom is 0.291 e. The second-order valence-corrected chi connectivity index (χ2v) is 6.09. The lowest BCUT2D eigenvalue weighted by molar-refractivity contribution is 0.101. The van der Waals surface area contributed by atoms with Crippen molar-refractivity contribution in [2.24, 2.45) is 0 Å². The number of halogens is 1. The molecule has 0 spiro atoms. The summed E-state index contributed by atoms with van der Waals surface area (Å²) in [6.07, 6.45) is 3.25. The third-order valence-electron chi connectivity index (χ3n) is 3.84. The molecule has 26 heavy (non-hydrogen) atoms. The standard InChI is InChI=1S/C19H17ClN4O2/c1-3-24-19(26)18(22-15-8-4-7-14(20)10-15)16(12(2)25)17(23-24)13-6-5-9-21-11-13/h4-11,22H,3H2,1-2H3. The average molecular weight is 369 g/mol. The molecule has 2 heterocycles. The van der Waals surface area contributed by atoms with E-state index in [-0.39, 0.29) is 22.6 Å². The molecule has 0 aliphatic heterocycles.